The van der Waals surface area contributed by atoms with Crippen molar-refractivity contribution in [1.82, 2.24) is 20.0 Å². The minimum Gasteiger partial charge on any atom is -0.479 e. The Morgan fingerprint density at radius 3 is 2.46 bits per heavy atom. The lowest BCUT2D eigenvalue weighted by atomic mass is 9.99. The van der Waals surface area contributed by atoms with Gasteiger partial charge in [-0.1, -0.05) is 22.9 Å². The number of aliphatic hydroxyl groups excluding tert-OH is 3. The van der Waals surface area contributed by atoms with Crippen molar-refractivity contribution >= 4 is 40.8 Å². The first-order valence-electron chi connectivity index (χ1n) is 11.7. The second-order valence-corrected chi connectivity index (χ2v) is 10.9. The van der Waals surface area contributed by atoms with Crippen molar-refractivity contribution in [2.24, 2.45) is 0 Å². The third-order valence-corrected chi connectivity index (χ3v) is 8.09. The number of aromatic nitrogens is 2. The average molecular weight is 627 g/mol. The number of imide groups is 1. The number of carboxylic acid groups (broad SMARTS) is 1. The molecule has 1 spiro atoms. The monoisotopic (exact) mass is 626 g/mol. The van der Waals surface area contributed by atoms with E-state index >= 15 is 0 Å². The molecule has 1 aromatic carbocycles. The van der Waals surface area contributed by atoms with Crippen LogP contribution in [0, 0.1) is 5.82 Å². The van der Waals surface area contributed by atoms with Gasteiger partial charge in [0.05, 0.1) is 11.6 Å². The molecule has 2 saturated heterocycles. The molecule has 1 saturated carbocycles. The van der Waals surface area contributed by atoms with Crippen molar-refractivity contribution in [2.45, 2.75) is 61.8 Å². The molecule has 0 radical (unpaired) electrons. The molecule has 0 bridgehead atoms. The summed E-state index contributed by atoms with van der Waals surface area (Å²) in [4.78, 5) is 37.8. The number of nitrogens with zero attached hydrogens (tertiary/aromatic N) is 4. The highest BCUT2D eigenvalue weighted by atomic mass is 35.5. The van der Waals surface area contributed by atoms with E-state index in [0.717, 1.165) is 22.3 Å². The van der Waals surface area contributed by atoms with Crippen LogP contribution >= 0.6 is 22.9 Å². The molecule has 2 aromatic rings. The van der Waals surface area contributed by atoms with Crippen LogP contribution in [0.5, 0.6) is 5.75 Å². The summed E-state index contributed by atoms with van der Waals surface area (Å²) in [7, 11) is 0. The molecule has 4 N–H and O–H groups in total. The van der Waals surface area contributed by atoms with Gasteiger partial charge in [0.25, 0.3) is 5.91 Å². The lowest BCUT2D eigenvalue weighted by Crippen LogP contribution is -2.61. The predicted molar refractivity (Wildman–Crippen MR) is 126 cm³/mol. The molecule has 41 heavy (non-hydrogen) atoms. The fourth-order valence-electron chi connectivity index (χ4n) is 4.56. The van der Waals surface area contributed by atoms with E-state index in [1.165, 1.54) is 6.07 Å². The van der Waals surface area contributed by atoms with Gasteiger partial charge in [-0.2, -0.15) is 13.2 Å². The molecule has 19 heteroatoms. The number of amides is 3. The number of halogens is 5. The van der Waals surface area contributed by atoms with E-state index < -0.39 is 83.5 Å². The first kappa shape index (κ1) is 29.3. The molecule has 5 atom stereocenters. The highest BCUT2D eigenvalue weighted by molar-refractivity contribution is 7.14. The van der Waals surface area contributed by atoms with Crippen LogP contribution in [0.25, 0.3) is 10.6 Å². The van der Waals surface area contributed by atoms with E-state index in [9.17, 15) is 52.4 Å². The van der Waals surface area contributed by atoms with Gasteiger partial charge in [0.1, 0.15) is 40.4 Å². The van der Waals surface area contributed by atoms with Gasteiger partial charge >= 0.3 is 18.2 Å². The fourth-order valence-corrected chi connectivity index (χ4v) is 5.76. The Labute approximate surface area is 235 Å². The maximum Gasteiger partial charge on any atom is 0.406 e. The zero-order valence-corrected chi connectivity index (χ0v) is 21.9. The predicted octanol–water partition coefficient (Wildman–Crippen LogP) is 1.13. The largest absolute Gasteiger partial charge is 0.479 e. The quantitative estimate of drug-likeness (QED) is 0.255. The fraction of sp³-hybridized carbons (Fsp3) is 0.500. The van der Waals surface area contributed by atoms with Gasteiger partial charge in [0.15, 0.2) is 17.7 Å². The van der Waals surface area contributed by atoms with Crippen LogP contribution in [0.1, 0.15) is 17.8 Å². The normalized spacial score (nSPS) is 27.6. The number of benzene rings is 1. The highest BCUT2D eigenvalue weighted by Crippen LogP contribution is 2.49. The second kappa shape index (κ2) is 10.3. The molecule has 3 aliphatic rings. The number of ether oxygens (including phenoxy) is 2. The number of urea groups is 1. The summed E-state index contributed by atoms with van der Waals surface area (Å²) in [5, 5.41) is 46.8. The molecule has 13 nitrogen and oxygen atoms in total. The molecule has 0 unspecified atom stereocenters. The number of hydrogen-bond donors (Lipinski definition) is 4. The smallest absolute Gasteiger partial charge is 0.406 e. The average Bonchev–Trinajstić information content (AvgIpc) is 3.53. The van der Waals surface area contributed by atoms with Crippen molar-refractivity contribution in [3.63, 3.8) is 0 Å². The Morgan fingerprint density at radius 1 is 1.17 bits per heavy atom. The number of carbonyl (C=O) groups is 3. The molecule has 3 fully saturated rings. The lowest BCUT2D eigenvalue weighted by molar-refractivity contribution is -0.271. The summed E-state index contributed by atoms with van der Waals surface area (Å²) in [6.07, 6.45) is -14.4. The van der Waals surface area contributed by atoms with Gasteiger partial charge in [-0.15, -0.1) is 10.2 Å². The van der Waals surface area contributed by atoms with Crippen molar-refractivity contribution in [3.05, 3.63) is 28.0 Å². The van der Waals surface area contributed by atoms with Gasteiger partial charge in [0, 0.05) is 5.56 Å². The maximum absolute atomic E-state index is 14.7. The highest BCUT2D eigenvalue weighted by Gasteiger charge is 2.66. The van der Waals surface area contributed by atoms with E-state index in [4.69, 9.17) is 21.1 Å². The van der Waals surface area contributed by atoms with E-state index in [1.807, 2.05) is 0 Å². The van der Waals surface area contributed by atoms with Crippen molar-refractivity contribution in [1.29, 1.82) is 0 Å². The van der Waals surface area contributed by atoms with E-state index in [2.05, 4.69) is 10.2 Å². The van der Waals surface area contributed by atoms with Crippen molar-refractivity contribution in [2.75, 3.05) is 6.54 Å². The van der Waals surface area contributed by atoms with Gasteiger partial charge < -0.3 is 34.8 Å². The van der Waals surface area contributed by atoms with Crippen LogP contribution in [-0.2, 0) is 20.9 Å². The zero-order chi connectivity index (χ0) is 30.0. The molecule has 1 aromatic heterocycles. The summed E-state index contributed by atoms with van der Waals surface area (Å²) in [5.41, 5.74) is -1.36. The Balaban J connectivity index is 1.37. The molecule has 2 aliphatic heterocycles. The minimum absolute atomic E-state index is 0.0242. The van der Waals surface area contributed by atoms with Crippen molar-refractivity contribution in [3.8, 4) is 16.3 Å². The second-order valence-electron chi connectivity index (χ2n) is 9.50. The lowest BCUT2D eigenvalue weighted by Gasteiger charge is -2.38. The minimum atomic E-state index is -4.78. The maximum atomic E-state index is 14.7. The third kappa shape index (κ3) is 5.19. The SMILES string of the molecule is O=C(O)[C@H]1O[C@@H](Oc2c(F)ccc(-c3nnc(CN4C(=O)N(CC(F)(F)F)C(=O)C45CC5)s3)c2Cl)[C@H](O)[C@@H](O)[C@@H]1O. The van der Waals surface area contributed by atoms with Crippen LogP contribution < -0.4 is 4.74 Å². The standard InChI is InChI=1S/C22H19ClF4N4O9S/c23-10-7(1-2-8(24)14(10)39-18-13(34)11(32)12(33)15(40-18)17(35)36)16-29-28-9(41-16)5-31-20(38)30(6-22(25,26)27)19(37)21(31)3-4-21/h1-2,11-13,15,18,32-34H,3-6H2,(H,35,36)/t11-,12-,13+,15-,18+/m0/s1. The zero-order valence-electron chi connectivity index (χ0n) is 20.3. The van der Waals surface area contributed by atoms with Gasteiger partial charge in [0.2, 0.25) is 6.29 Å². The van der Waals surface area contributed by atoms with Gasteiger partial charge in [-0.3, -0.25) is 9.69 Å². The summed E-state index contributed by atoms with van der Waals surface area (Å²) in [5.74, 6) is -4.43. The molecule has 1 aliphatic carbocycles. The number of hydrogen-bond acceptors (Lipinski definition) is 11. The number of aliphatic hydroxyl groups is 3. The van der Waals surface area contributed by atoms with Crippen LogP contribution in [0.4, 0.5) is 22.4 Å². The third-order valence-electron chi connectivity index (χ3n) is 6.77. The molecular weight excluding hydrogens is 608 g/mol. The molecule has 3 amide bonds. The number of carboxylic acids is 1. The summed E-state index contributed by atoms with van der Waals surface area (Å²) in [6, 6.07) is 0.961. The van der Waals surface area contributed by atoms with Crippen LogP contribution in [0.15, 0.2) is 12.1 Å². The summed E-state index contributed by atoms with van der Waals surface area (Å²) >= 11 is 7.16. The van der Waals surface area contributed by atoms with Crippen LogP contribution in [-0.4, -0.2) is 107 Å². The van der Waals surface area contributed by atoms with Gasteiger partial charge in [-0.25, -0.2) is 14.0 Å². The number of aliphatic carboxylic acids is 1. The topological polar surface area (TPSA) is 183 Å². The number of rotatable bonds is 7. The molecule has 3 heterocycles. The first-order valence-corrected chi connectivity index (χ1v) is 12.9. The van der Waals surface area contributed by atoms with Gasteiger partial charge in [-0.05, 0) is 25.0 Å². The van der Waals surface area contributed by atoms with E-state index in [0.29, 0.717) is 0 Å². The van der Waals surface area contributed by atoms with E-state index in [-0.39, 0.29) is 39.9 Å². The molecule has 5 rings (SSSR count). The van der Waals surface area contributed by atoms with Crippen LogP contribution in [0.3, 0.4) is 0 Å². The van der Waals surface area contributed by atoms with Crippen molar-refractivity contribution < 1.29 is 61.8 Å². The Morgan fingerprint density at radius 2 is 1.85 bits per heavy atom. The van der Waals surface area contributed by atoms with Crippen LogP contribution in [0.2, 0.25) is 5.02 Å². The summed E-state index contributed by atoms with van der Waals surface area (Å²) < 4.78 is 63.7. The first-order chi connectivity index (χ1) is 19.1. The Bertz CT molecular complexity index is 1410. The summed E-state index contributed by atoms with van der Waals surface area (Å²) in [6.45, 7) is -2.06. The molecular formula is C22H19ClF4N4O9S. The Hall–Kier alpha value is -3.16. The number of carbonyl (C=O) groups excluding carboxylic acids is 2. The molecule has 222 valence electrons. The number of alkyl halides is 3. The Kier molecular flexibility index (Phi) is 7.36. The van der Waals surface area contributed by atoms with E-state index in [1.54, 1.807) is 0 Å².